The van der Waals surface area contributed by atoms with Gasteiger partial charge in [0.1, 0.15) is 0 Å². The van der Waals surface area contributed by atoms with Gasteiger partial charge in [0, 0.05) is 36.9 Å². The van der Waals surface area contributed by atoms with Crippen molar-refractivity contribution in [2.45, 2.75) is 0 Å². The number of aromatic nitrogens is 2. The predicted molar refractivity (Wildman–Crippen MR) is 250 cm³/mol. The second-order valence-corrected chi connectivity index (χ2v) is 16.0. The fraction of sp³-hybridized carbons (Fsp3) is 0. The number of hydrogen-bond donors (Lipinski definition) is 0. The molecule has 276 valence electrons. The second-order valence-electron chi connectivity index (χ2n) is 15.0. The summed E-state index contributed by atoms with van der Waals surface area (Å²) in [5.74, 6) is 0.686. The van der Waals surface area contributed by atoms with Crippen molar-refractivity contribution in [3.63, 3.8) is 0 Å². The van der Waals surface area contributed by atoms with Crippen LogP contribution in [0.2, 0.25) is 0 Å². The van der Waals surface area contributed by atoms with Gasteiger partial charge >= 0.3 is 0 Å². The lowest BCUT2D eigenvalue weighted by Gasteiger charge is -2.16. The number of benzene rings is 9. The maximum Gasteiger partial charge on any atom is 0.160 e. The highest BCUT2D eigenvalue weighted by Crippen LogP contribution is 2.41. The van der Waals surface area contributed by atoms with Gasteiger partial charge in [-0.3, -0.25) is 0 Å². The van der Waals surface area contributed by atoms with Gasteiger partial charge in [-0.05, 0) is 104 Å². The van der Waals surface area contributed by atoms with Crippen LogP contribution in [0.5, 0.6) is 0 Å². The van der Waals surface area contributed by atoms with Crippen molar-refractivity contribution in [3.8, 4) is 78.4 Å². The normalized spacial score (nSPS) is 11.4. The summed E-state index contributed by atoms with van der Waals surface area (Å²) in [7, 11) is 0. The highest BCUT2D eigenvalue weighted by molar-refractivity contribution is 7.25. The Bertz CT molecular complexity index is 3310. The molecule has 2 heterocycles. The summed E-state index contributed by atoms with van der Waals surface area (Å²) in [5, 5.41) is 5.00. The molecule has 0 bridgehead atoms. The summed E-state index contributed by atoms with van der Waals surface area (Å²) in [6.07, 6.45) is 0. The Kier molecular flexibility index (Phi) is 8.72. The molecule has 11 aromatic rings. The van der Waals surface area contributed by atoms with Gasteiger partial charge in [0.15, 0.2) is 5.82 Å². The van der Waals surface area contributed by atoms with Crippen LogP contribution in [-0.2, 0) is 0 Å². The first-order chi connectivity index (χ1) is 29.2. The van der Waals surface area contributed by atoms with Crippen molar-refractivity contribution in [3.05, 3.63) is 218 Å². The molecule has 0 amide bonds. The van der Waals surface area contributed by atoms with Crippen LogP contribution in [0.3, 0.4) is 0 Å². The average molecular weight is 769 g/mol. The van der Waals surface area contributed by atoms with Crippen LogP contribution in [-0.4, -0.2) is 9.97 Å². The third-order valence-corrected chi connectivity index (χ3v) is 12.4. The highest BCUT2D eigenvalue weighted by Gasteiger charge is 2.18. The molecule has 0 saturated carbocycles. The van der Waals surface area contributed by atoms with Gasteiger partial charge in [-0.2, -0.15) is 0 Å². The van der Waals surface area contributed by atoms with Crippen LogP contribution >= 0.6 is 11.3 Å². The molecule has 0 saturated heterocycles. The molecule has 9 aromatic carbocycles. The SMILES string of the molecule is c1ccc(-c2ccc(-c3ccccc3)c(-c3cc(-c4cc(-c5ccc6sc7ccccc7c6c5)cc(-c5cccc6ccccc56)c4)nc(-c4ccccc4)n3)c2)cc1. The van der Waals surface area contributed by atoms with Gasteiger partial charge in [-0.15, -0.1) is 11.3 Å². The quantitative estimate of drug-likeness (QED) is 0.161. The Morgan fingerprint density at radius 1 is 0.271 bits per heavy atom. The predicted octanol–water partition coefficient (Wildman–Crippen LogP) is 15.7. The summed E-state index contributed by atoms with van der Waals surface area (Å²) in [5.41, 5.74) is 14.0. The Morgan fingerprint density at radius 2 is 0.864 bits per heavy atom. The highest BCUT2D eigenvalue weighted by atomic mass is 32.1. The van der Waals surface area contributed by atoms with Crippen LogP contribution in [0.1, 0.15) is 0 Å². The van der Waals surface area contributed by atoms with Crippen LogP contribution in [0.15, 0.2) is 218 Å². The summed E-state index contributed by atoms with van der Waals surface area (Å²) in [6.45, 7) is 0. The molecule has 0 aliphatic heterocycles. The number of thiophene rings is 1. The van der Waals surface area contributed by atoms with E-state index in [0.717, 1.165) is 61.5 Å². The van der Waals surface area contributed by atoms with Crippen molar-refractivity contribution < 1.29 is 0 Å². The van der Waals surface area contributed by atoms with Crippen LogP contribution < -0.4 is 0 Å². The Labute approximate surface area is 347 Å². The van der Waals surface area contributed by atoms with Gasteiger partial charge in [-0.25, -0.2) is 9.97 Å². The zero-order chi connectivity index (χ0) is 39.1. The third kappa shape index (κ3) is 6.58. The smallest absolute Gasteiger partial charge is 0.160 e. The lowest BCUT2D eigenvalue weighted by molar-refractivity contribution is 1.18. The third-order valence-electron chi connectivity index (χ3n) is 11.3. The number of nitrogens with zero attached hydrogens (tertiary/aromatic N) is 2. The fourth-order valence-electron chi connectivity index (χ4n) is 8.37. The molecule has 0 N–H and O–H groups in total. The van der Waals surface area contributed by atoms with Crippen molar-refractivity contribution >= 4 is 42.3 Å². The molecule has 0 radical (unpaired) electrons. The summed E-state index contributed by atoms with van der Waals surface area (Å²) < 4.78 is 2.60. The summed E-state index contributed by atoms with van der Waals surface area (Å²) >= 11 is 1.85. The van der Waals surface area contributed by atoms with Crippen molar-refractivity contribution in [1.29, 1.82) is 0 Å². The van der Waals surface area contributed by atoms with Crippen molar-refractivity contribution in [2.75, 3.05) is 0 Å². The minimum absolute atomic E-state index is 0.686. The van der Waals surface area contributed by atoms with Crippen molar-refractivity contribution in [2.24, 2.45) is 0 Å². The van der Waals surface area contributed by atoms with Crippen LogP contribution in [0.4, 0.5) is 0 Å². The first-order valence-corrected chi connectivity index (χ1v) is 20.8. The molecule has 0 atom stereocenters. The molecule has 0 fully saturated rings. The summed E-state index contributed by atoms with van der Waals surface area (Å²) in [6, 6.07) is 78.3. The molecule has 0 spiro atoms. The molecular formula is C56H36N2S. The monoisotopic (exact) mass is 768 g/mol. The van der Waals surface area contributed by atoms with E-state index < -0.39 is 0 Å². The molecule has 2 aromatic heterocycles. The maximum absolute atomic E-state index is 5.39. The van der Waals surface area contributed by atoms with E-state index >= 15 is 0 Å². The van der Waals surface area contributed by atoms with Gasteiger partial charge in [0.25, 0.3) is 0 Å². The van der Waals surface area contributed by atoms with E-state index in [2.05, 4.69) is 212 Å². The lowest BCUT2D eigenvalue weighted by atomic mass is 9.91. The standard InChI is InChI=1S/C56H36N2S/c1-4-15-37(16-5-1)41-27-29-48(38-17-6-2-7-18-38)50(34-41)53-36-52(57-56(58-53)40-20-8-3-9-21-40)45-32-43(31-44(33-45)47-25-14-22-39-19-10-11-23-46(39)47)42-28-30-55-51(35-42)49-24-12-13-26-54(49)59-55/h1-36H. The van der Waals surface area contributed by atoms with Crippen LogP contribution in [0, 0.1) is 0 Å². The van der Waals surface area contributed by atoms with E-state index in [9.17, 15) is 0 Å². The van der Waals surface area contributed by atoms with Crippen molar-refractivity contribution in [1.82, 2.24) is 9.97 Å². The molecule has 59 heavy (non-hydrogen) atoms. The topological polar surface area (TPSA) is 25.8 Å². The largest absolute Gasteiger partial charge is 0.228 e. The van der Waals surface area contributed by atoms with E-state index in [0.29, 0.717) is 5.82 Å². The Morgan fingerprint density at radius 3 is 1.68 bits per heavy atom. The molecule has 0 aliphatic rings. The second kappa shape index (κ2) is 14.8. The van der Waals surface area contributed by atoms with Crippen LogP contribution in [0.25, 0.3) is 109 Å². The Hall–Kier alpha value is -7.46. The van der Waals surface area contributed by atoms with Gasteiger partial charge in [0.2, 0.25) is 0 Å². The van der Waals surface area contributed by atoms with Gasteiger partial charge in [-0.1, -0.05) is 170 Å². The average Bonchev–Trinajstić information content (AvgIpc) is 3.70. The van der Waals surface area contributed by atoms with E-state index in [4.69, 9.17) is 9.97 Å². The van der Waals surface area contributed by atoms with E-state index in [1.807, 2.05) is 17.4 Å². The minimum atomic E-state index is 0.686. The van der Waals surface area contributed by atoms with E-state index in [1.165, 1.54) is 42.1 Å². The molecule has 2 nitrogen and oxygen atoms in total. The Balaban J connectivity index is 1.17. The zero-order valence-electron chi connectivity index (χ0n) is 32.1. The minimum Gasteiger partial charge on any atom is -0.228 e. The number of fused-ring (bicyclic) bond motifs is 4. The first-order valence-electron chi connectivity index (χ1n) is 20.0. The zero-order valence-corrected chi connectivity index (χ0v) is 32.9. The molecular weight excluding hydrogens is 733 g/mol. The molecule has 3 heteroatoms. The molecule has 0 unspecified atom stereocenters. The first kappa shape index (κ1) is 34.8. The molecule has 11 rings (SSSR count). The van der Waals surface area contributed by atoms with E-state index in [1.54, 1.807) is 0 Å². The number of rotatable bonds is 7. The van der Waals surface area contributed by atoms with E-state index in [-0.39, 0.29) is 0 Å². The maximum atomic E-state index is 5.39. The van der Waals surface area contributed by atoms with Gasteiger partial charge in [0.05, 0.1) is 11.4 Å². The number of hydrogen-bond acceptors (Lipinski definition) is 3. The van der Waals surface area contributed by atoms with Gasteiger partial charge < -0.3 is 0 Å². The molecule has 0 aliphatic carbocycles. The summed E-state index contributed by atoms with van der Waals surface area (Å²) in [4.78, 5) is 10.8. The lowest BCUT2D eigenvalue weighted by Crippen LogP contribution is -1.98. The fourth-order valence-corrected chi connectivity index (χ4v) is 9.45.